The van der Waals surface area contributed by atoms with Gasteiger partial charge in [-0.05, 0) is 118 Å². The Labute approximate surface area is 398 Å². The Hall–Kier alpha value is -3.40. The summed E-state index contributed by atoms with van der Waals surface area (Å²) in [5.74, 6) is 2.30. The van der Waals surface area contributed by atoms with Crippen LogP contribution in [-0.2, 0) is 27.4 Å². The zero-order valence-electron chi connectivity index (χ0n) is 35.1. The SMILES string of the molecule is C.O=C(CC[C@@H]1CCCO1)C1CCN(Cc2ccc([C@H]3COc4cccnc4O3)cc2)CC1.O=C(O)C1CCN(Cc2ccc([C@H]3COc4cccnc4O3)cc2)CC1.[H-].[K+]. The Morgan fingerprint density at radius 1 is 0.683 bits per heavy atom. The number of likely N-dealkylation sites (tertiary alicyclic amines) is 2. The van der Waals surface area contributed by atoms with Gasteiger partial charge in [-0.25, -0.2) is 9.97 Å². The summed E-state index contributed by atoms with van der Waals surface area (Å²) in [5, 5.41) is 9.08. The van der Waals surface area contributed by atoms with Crippen LogP contribution in [0.3, 0.4) is 0 Å². The first kappa shape index (κ1) is 46.1. The molecule has 0 amide bonds. The number of hydrogen-bond acceptors (Lipinski definition) is 11. The number of ketones is 1. The Morgan fingerprint density at radius 2 is 1.17 bits per heavy atom. The van der Waals surface area contributed by atoms with Crippen LogP contribution >= 0.6 is 0 Å². The summed E-state index contributed by atoms with van der Waals surface area (Å²) < 4.78 is 29.1. The van der Waals surface area contributed by atoms with Crippen molar-refractivity contribution in [2.24, 2.45) is 11.8 Å². The van der Waals surface area contributed by atoms with Gasteiger partial charge in [-0.1, -0.05) is 56.0 Å². The molecule has 0 unspecified atom stereocenters. The summed E-state index contributed by atoms with van der Waals surface area (Å²) in [6.45, 7) is 7.24. The van der Waals surface area contributed by atoms with Crippen molar-refractivity contribution in [3.05, 3.63) is 107 Å². The number of fused-ring (bicyclic) bond motifs is 2. The van der Waals surface area contributed by atoms with Crippen LogP contribution < -0.4 is 70.3 Å². The van der Waals surface area contributed by atoms with Crippen LogP contribution in [0.15, 0.2) is 85.2 Å². The molecule has 2 aromatic heterocycles. The van der Waals surface area contributed by atoms with Crippen LogP contribution in [-0.4, -0.2) is 88.7 Å². The number of carbonyl (C=O) groups is 2. The van der Waals surface area contributed by atoms with Crippen molar-refractivity contribution < 1.29 is 91.2 Å². The Morgan fingerprint density at radius 3 is 1.62 bits per heavy atom. The molecule has 9 rings (SSSR count). The number of carbonyl (C=O) groups excluding carboxylic acids is 1. The molecular weight excluding hydrogens is 788 g/mol. The molecule has 5 aliphatic rings. The summed E-state index contributed by atoms with van der Waals surface area (Å²) in [6, 6.07) is 24.4. The number of carboxylic acids is 1. The van der Waals surface area contributed by atoms with Crippen molar-refractivity contribution in [3.8, 4) is 23.3 Å². The third kappa shape index (κ3) is 12.4. The van der Waals surface area contributed by atoms with Gasteiger partial charge in [0.2, 0.25) is 0 Å². The number of rotatable bonds is 11. The standard InChI is InChI=1S/C26H32N2O4.C20H22N2O4.CH4.K.H/c29-23(10-9-22-3-2-16-30-22)20-11-14-28(15-12-20)17-19-5-7-21(8-6-19)25-18-31-24-4-1-13-27-26(24)32-25;23-20(24)16-7-10-22(11-8-16)12-14-3-5-15(6-4-14)18-13-25-17-2-1-9-21-19(17)26-18;;;/h1,4-8,13,20,22,25H,2-3,9-12,14-18H2;1-6,9,16,18H,7-8,10-13H2,(H,23,24);1H4;;/q;;;+1;-1/t22-,25+;18-;;;/m01.../s1. The first-order valence-electron chi connectivity index (χ1n) is 20.9. The normalized spacial score (nSPS) is 21.7. The van der Waals surface area contributed by atoms with E-state index in [9.17, 15) is 9.59 Å². The Kier molecular flexibility index (Phi) is 17.4. The van der Waals surface area contributed by atoms with Crippen LogP contribution in [0.5, 0.6) is 23.3 Å². The second-order valence-corrected chi connectivity index (χ2v) is 16.0. The minimum Gasteiger partial charge on any atom is -1.00 e. The van der Waals surface area contributed by atoms with Crippen molar-refractivity contribution in [1.82, 2.24) is 19.8 Å². The van der Waals surface area contributed by atoms with Gasteiger partial charge in [-0.15, -0.1) is 0 Å². The van der Waals surface area contributed by atoms with Crippen LogP contribution in [0, 0.1) is 11.8 Å². The topological polar surface area (TPSA) is 133 Å². The van der Waals surface area contributed by atoms with E-state index in [1.54, 1.807) is 12.4 Å². The largest absolute Gasteiger partial charge is 1.00 e. The summed E-state index contributed by atoms with van der Waals surface area (Å²) in [7, 11) is 0. The summed E-state index contributed by atoms with van der Waals surface area (Å²) in [6.07, 6.45) is 10.7. The van der Waals surface area contributed by atoms with Crippen molar-refractivity contribution in [3.63, 3.8) is 0 Å². The van der Waals surface area contributed by atoms with Crippen molar-refractivity contribution in [2.45, 2.75) is 90.2 Å². The molecule has 0 radical (unpaired) electrons. The van der Waals surface area contributed by atoms with E-state index in [4.69, 9.17) is 28.8 Å². The average molecular weight is 847 g/mol. The molecule has 4 aromatic rings. The molecule has 0 saturated carbocycles. The number of aromatic nitrogens is 2. The number of piperidine rings is 2. The summed E-state index contributed by atoms with van der Waals surface area (Å²) in [5.41, 5.74) is 4.67. The monoisotopic (exact) mass is 846 g/mol. The van der Waals surface area contributed by atoms with E-state index in [0.717, 1.165) is 102 Å². The molecule has 12 nitrogen and oxygen atoms in total. The molecule has 3 atom stereocenters. The van der Waals surface area contributed by atoms with E-state index in [0.29, 0.717) is 54.8 Å². The fourth-order valence-corrected chi connectivity index (χ4v) is 8.47. The van der Waals surface area contributed by atoms with E-state index >= 15 is 0 Å². The minimum atomic E-state index is -0.667. The predicted octanol–water partition coefficient (Wildman–Crippen LogP) is 4.98. The van der Waals surface area contributed by atoms with Crippen LogP contribution in [0.2, 0.25) is 0 Å². The Bertz CT molecular complexity index is 1970. The van der Waals surface area contributed by atoms with Gasteiger partial charge in [0.05, 0.1) is 12.0 Å². The molecule has 60 heavy (non-hydrogen) atoms. The fraction of sp³-hybridized carbons (Fsp3) is 0.489. The number of Topliss-reactive ketones (excluding diaryl/α,β-unsaturated/α-hetero) is 1. The van der Waals surface area contributed by atoms with Crippen molar-refractivity contribution in [2.75, 3.05) is 46.0 Å². The summed E-state index contributed by atoms with van der Waals surface area (Å²) in [4.78, 5) is 36.9. The molecule has 2 aromatic carbocycles. The van der Waals surface area contributed by atoms with Crippen molar-refractivity contribution in [1.29, 1.82) is 0 Å². The van der Waals surface area contributed by atoms with Gasteiger partial charge in [-0.2, -0.15) is 0 Å². The molecular formula is C47H59KN4O8. The zero-order chi connectivity index (χ0) is 39.7. The average Bonchev–Trinajstić information content (AvgIpc) is 3.80. The second-order valence-electron chi connectivity index (χ2n) is 16.0. The van der Waals surface area contributed by atoms with Crippen molar-refractivity contribution >= 4 is 11.8 Å². The summed E-state index contributed by atoms with van der Waals surface area (Å²) >= 11 is 0. The van der Waals surface area contributed by atoms with E-state index in [1.165, 1.54) is 11.1 Å². The third-order valence-corrected chi connectivity index (χ3v) is 12.0. The van der Waals surface area contributed by atoms with Gasteiger partial charge in [-0.3, -0.25) is 19.4 Å². The second kappa shape index (κ2) is 22.6. The molecule has 13 heteroatoms. The smallest absolute Gasteiger partial charge is 1.00 e. The third-order valence-electron chi connectivity index (χ3n) is 12.0. The van der Waals surface area contributed by atoms with Crippen LogP contribution in [0.4, 0.5) is 0 Å². The number of carboxylic acid groups (broad SMARTS) is 1. The molecule has 5 aliphatic heterocycles. The maximum absolute atomic E-state index is 12.6. The molecule has 0 bridgehead atoms. The molecule has 1 N–H and O–H groups in total. The van der Waals surface area contributed by atoms with E-state index in [1.807, 2.05) is 24.3 Å². The van der Waals surface area contributed by atoms with Gasteiger partial charge in [0.25, 0.3) is 11.8 Å². The van der Waals surface area contributed by atoms with E-state index < -0.39 is 5.97 Å². The van der Waals surface area contributed by atoms with Gasteiger partial charge >= 0.3 is 57.4 Å². The molecule has 3 saturated heterocycles. The molecule has 0 aliphatic carbocycles. The number of pyridine rings is 2. The van der Waals surface area contributed by atoms with Gasteiger partial charge in [0.1, 0.15) is 19.0 Å². The maximum atomic E-state index is 12.6. The molecule has 316 valence electrons. The van der Waals surface area contributed by atoms with Gasteiger partial charge in [0, 0.05) is 44.4 Å². The minimum absolute atomic E-state index is 0. The quantitative estimate of drug-likeness (QED) is 0.205. The zero-order valence-corrected chi connectivity index (χ0v) is 37.2. The van der Waals surface area contributed by atoms with E-state index in [2.05, 4.69) is 68.3 Å². The van der Waals surface area contributed by atoms with Gasteiger partial charge in [0.15, 0.2) is 23.7 Å². The fourth-order valence-electron chi connectivity index (χ4n) is 8.47. The Balaban J connectivity index is 0.000000224. The predicted molar refractivity (Wildman–Crippen MR) is 224 cm³/mol. The van der Waals surface area contributed by atoms with Gasteiger partial charge < -0.3 is 30.2 Å². The number of aliphatic carboxylic acids is 1. The number of hydrogen-bond donors (Lipinski definition) is 1. The molecule has 0 spiro atoms. The van der Waals surface area contributed by atoms with Crippen LogP contribution in [0.1, 0.15) is 94.7 Å². The molecule has 7 heterocycles. The maximum Gasteiger partial charge on any atom is 1.00 e. The number of benzene rings is 2. The van der Waals surface area contributed by atoms with E-state index in [-0.39, 0.29) is 84.3 Å². The molecule has 3 fully saturated rings. The number of nitrogens with zero attached hydrogens (tertiary/aromatic N) is 4. The first-order chi connectivity index (χ1) is 28.4. The number of ether oxygens (including phenoxy) is 5. The first-order valence-corrected chi connectivity index (χ1v) is 20.9. The van der Waals surface area contributed by atoms with Crippen LogP contribution in [0.25, 0.3) is 0 Å².